The number of carbonyl (C=O) groups is 1. The summed E-state index contributed by atoms with van der Waals surface area (Å²) in [5.74, 6) is 1.58. The highest BCUT2D eigenvalue weighted by atomic mass is 16.2. The number of hydrogen-bond donors (Lipinski definition) is 1. The normalized spacial score (nSPS) is 23.1. The first-order chi connectivity index (χ1) is 11.5. The third-order valence-electron chi connectivity index (χ3n) is 4.93. The number of benzene rings is 1. The Morgan fingerprint density at radius 1 is 1.38 bits per heavy atom. The summed E-state index contributed by atoms with van der Waals surface area (Å²) >= 11 is 0. The van der Waals surface area contributed by atoms with Gasteiger partial charge in [-0.05, 0) is 43.2 Å². The highest BCUT2D eigenvalue weighted by molar-refractivity contribution is 5.89. The van der Waals surface area contributed by atoms with E-state index in [0.29, 0.717) is 17.8 Å². The molecule has 0 bridgehead atoms. The van der Waals surface area contributed by atoms with E-state index >= 15 is 0 Å². The number of rotatable bonds is 4. The van der Waals surface area contributed by atoms with E-state index in [1.165, 1.54) is 12.8 Å². The largest absolute Gasteiger partial charge is 0.321 e. The molecule has 1 heterocycles. The number of nitrogens with zero attached hydrogens (tertiary/aromatic N) is 3. The van der Waals surface area contributed by atoms with Crippen molar-refractivity contribution in [3.63, 3.8) is 0 Å². The van der Waals surface area contributed by atoms with Crippen molar-refractivity contribution in [2.24, 2.45) is 22.9 Å². The molecule has 1 aromatic heterocycles. The van der Waals surface area contributed by atoms with E-state index in [-0.39, 0.29) is 12.5 Å². The lowest BCUT2D eigenvalue weighted by Crippen LogP contribution is -2.31. The molecular formula is C19H26N4O. The molecule has 2 aromatic rings. The molecule has 1 aliphatic carbocycles. The van der Waals surface area contributed by atoms with Crippen LogP contribution >= 0.6 is 0 Å². The summed E-state index contributed by atoms with van der Waals surface area (Å²) in [6, 6.07) is 7.82. The SMILES string of the molecule is CC(C)[C@H]1CC[C@H](C)CC1=NNC(=O)Cn1cnc2ccccc21. The Bertz CT molecular complexity index is 747. The highest BCUT2D eigenvalue weighted by Gasteiger charge is 2.27. The summed E-state index contributed by atoms with van der Waals surface area (Å²) in [6.45, 7) is 6.95. The minimum Gasteiger partial charge on any atom is -0.321 e. The summed E-state index contributed by atoms with van der Waals surface area (Å²) in [5, 5.41) is 4.48. The number of hydrazone groups is 1. The van der Waals surface area contributed by atoms with Crippen LogP contribution in [-0.4, -0.2) is 21.2 Å². The minimum atomic E-state index is -0.105. The fourth-order valence-electron chi connectivity index (χ4n) is 3.55. The first-order valence-electron chi connectivity index (χ1n) is 8.79. The van der Waals surface area contributed by atoms with Gasteiger partial charge in [0.05, 0.1) is 17.4 Å². The molecule has 24 heavy (non-hydrogen) atoms. The first-order valence-corrected chi connectivity index (χ1v) is 8.79. The molecule has 3 rings (SSSR count). The predicted octanol–water partition coefficient (Wildman–Crippen LogP) is 3.60. The van der Waals surface area contributed by atoms with E-state index in [1.807, 2.05) is 28.8 Å². The van der Waals surface area contributed by atoms with E-state index < -0.39 is 0 Å². The van der Waals surface area contributed by atoms with Gasteiger partial charge >= 0.3 is 0 Å². The van der Waals surface area contributed by atoms with Gasteiger partial charge in [-0.2, -0.15) is 5.10 Å². The van der Waals surface area contributed by atoms with Gasteiger partial charge in [-0.15, -0.1) is 0 Å². The van der Waals surface area contributed by atoms with Gasteiger partial charge in [-0.3, -0.25) is 4.79 Å². The van der Waals surface area contributed by atoms with Crippen molar-refractivity contribution in [2.75, 3.05) is 0 Å². The molecule has 1 fully saturated rings. The molecular weight excluding hydrogens is 300 g/mol. The molecule has 0 radical (unpaired) electrons. The second-order valence-electron chi connectivity index (χ2n) is 7.24. The maximum Gasteiger partial charge on any atom is 0.260 e. The van der Waals surface area contributed by atoms with E-state index in [4.69, 9.17) is 0 Å². The van der Waals surface area contributed by atoms with Crippen LogP contribution in [0.15, 0.2) is 35.7 Å². The lowest BCUT2D eigenvalue weighted by molar-refractivity contribution is -0.121. The molecule has 2 atom stereocenters. The second kappa shape index (κ2) is 7.16. The Labute approximate surface area is 143 Å². The van der Waals surface area contributed by atoms with Crippen LogP contribution in [0.1, 0.15) is 40.0 Å². The zero-order valence-electron chi connectivity index (χ0n) is 14.7. The topological polar surface area (TPSA) is 59.3 Å². The van der Waals surface area contributed by atoms with Crippen molar-refractivity contribution in [3.8, 4) is 0 Å². The third kappa shape index (κ3) is 3.66. The summed E-state index contributed by atoms with van der Waals surface area (Å²) < 4.78 is 1.86. The number of amides is 1. The highest BCUT2D eigenvalue weighted by Crippen LogP contribution is 2.31. The Morgan fingerprint density at radius 2 is 2.17 bits per heavy atom. The molecule has 0 aliphatic heterocycles. The van der Waals surface area contributed by atoms with Crippen molar-refractivity contribution in [1.29, 1.82) is 0 Å². The van der Waals surface area contributed by atoms with Crippen molar-refractivity contribution < 1.29 is 4.79 Å². The maximum absolute atomic E-state index is 12.3. The Hall–Kier alpha value is -2.17. The molecule has 1 amide bonds. The minimum absolute atomic E-state index is 0.105. The number of nitrogens with one attached hydrogen (secondary N) is 1. The summed E-state index contributed by atoms with van der Waals surface area (Å²) in [7, 11) is 0. The van der Waals surface area contributed by atoms with E-state index in [0.717, 1.165) is 23.2 Å². The molecule has 0 saturated heterocycles. The standard InChI is InChI=1S/C19H26N4O/c1-13(2)15-9-8-14(3)10-17(15)21-22-19(24)11-23-12-20-16-6-4-5-7-18(16)23/h4-7,12-15H,8-11H2,1-3H3,(H,22,24)/t14-,15+/m0/s1. The van der Waals surface area contributed by atoms with Gasteiger partial charge < -0.3 is 4.57 Å². The van der Waals surface area contributed by atoms with Crippen molar-refractivity contribution in [3.05, 3.63) is 30.6 Å². The smallest absolute Gasteiger partial charge is 0.260 e. The average Bonchev–Trinajstić information content (AvgIpc) is 2.96. The third-order valence-corrected chi connectivity index (χ3v) is 4.93. The second-order valence-corrected chi connectivity index (χ2v) is 7.24. The van der Waals surface area contributed by atoms with Gasteiger partial charge in [0.2, 0.25) is 0 Å². The van der Waals surface area contributed by atoms with Crippen LogP contribution in [0.5, 0.6) is 0 Å². The molecule has 1 N–H and O–H groups in total. The van der Waals surface area contributed by atoms with Gasteiger partial charge in [-0.25, -0.2) is 10.4 Å². The van der Waals surface area contributed by atoms with E-state index in [9.17, 15) is 4.79 Å². The molecule has 128 valence electrons. The van der Waals surface area contributed by atoms with Gasteiger partial charge in [0, 0.05) is 11.6 Å². The van der Waals surface area contributed by atoms with Gasteiger partial charge in [0.1, 0.15) is 6.54 Å². The average molecular weight is 326 g/mol. The quantitative estimate of drug-likeness (QED) is 0.873. The summed E-state index contributed by atoms with van der Waals surface area (Å²) in [4.78, 5) is 16.6. The van der Waals surface area contributed by atoms with Crippen LogP contribution in [0.4, 0.5) is 0 Å². The van der Waals surface area contributed by atoms with E-state index in [1.54, 1.807) is 6.33 Å². The Morgan fingerprint density at radius 3 is 2.96 bits per heavy atom. The van der Waals surface area contributed by atoms with Gasteiger partial charge in [0.15, 0.2) is 0 Å². The number of para-hydroxylation sites is 2. The molecule has 5 heteroatoms. The summed E-state index contributed by atoms with van der Waals surface area (Å²) in [5.41, 5.74) is 5.77. The van der Waals surface area contributed by atoms with Crippen LogP contribution in [0.25, 0.3) is 11.0 Å². The fourth-order valence-corrected chi connectivity index (χ4v) is 3.55. The van der Waals surface area contributed by atoms with Crippen LogP contribution in [0, 0.1) is 17.8 Å². The number of imidazole rings is 1. The van der Waals surface area contributed by atoms with Crippen LogP contribution < -0.4 is 5.43 Å². The molecule has 0 unspecified atom stereocenters. The Kier molecular flexibility index (Phi) is 4.97. The first kappa shape index (κ1) is 16.7. The lowest BCUT2D eigenvalue weighted by Gasteiger charge is -2.30. The Balaban J connectivity index is 1.67. The molecule has 0 spiro atoms. The zero-order valence-corrected chi connectivity index (χ0v) is 14.7. The van der Waals surface area contributed by atoms with Crippen molar-refractivity contribution in [2.45, 2.75) is 46.6 Å². The summed E-state index contributed by atoms with van der Waals surface area (Å²) in [6.07, 6.45) is 5.10. The molecule has 1 aliphatic rings. The van der Waals surface area contributed by atoms with Crippen LogP contribution in [-0.2, 0) is 11.3 Å². The molecule has 1 saturated carbocycles. The lowest BCUT2D eigenvalue weighted by atomic mass is 9.76. The predicted molar refractivity (Wildman–Crippen MR) is 96.7 cm³/mol. The van der Waals surface area contributed by atoms with Crippen LogP contribution in [0.2, 0.25) is 0 Å². The maximum atomic E-state index is 12.3. The number of hydrogen-bond acceptors (Lipinski definition) is 3. The number of carbonyl (C=O) groups excluding carboxylic acids is 1. The zero-order chi connectivity index (χ0) is 17.1. The fraction of sp³-hybridized carbons (Fsp3) is 0.526. The van der Waals surface area contributed by atoms with Gasteiger partial charge in [0.25, 0.3) is 5.91 Å². The van der Waals surface area contributed by atoms with Crippen molar-refractivity contribution >= 4 is 22.7 Å². The van der Waals surface area contributed by atoms with Crippen molar-refractivity contribution in [1.82, 2.24) is 15.0 Å². The van der Waals surface area contributed by atoms with E-state index in [2.05, 4.69) is 36.3 Å². The molecule has 1 aromatic carbocycles. The monoisotopic (exact) mass is 326 g/mol. The number of fused-ring (bicyclic) bond motifs is 1. The number of aromatic nitrogens is 2. The molecule has 5 nitrogen and oxygen atoms in total. The van der Waals surface area contributed by atoms with Crippen LogP contribution in [0.3, 0.4) is 0 Å². The van der Waals surface area contributed by atoms with Gasteiger partial charge in [-0.1, -0.05) is 32.9 Å².